The molecule has 0 bridgehead atoms. The highest BCUT2D eigenvalue weighted by molar-refractivity contribution is 6.00. The fourth-order valence-electron chi connectivity index (χ4n) is 3.03. The summed E-state index contributed by atoms with van der Waals surface area (Å²) in [6, 6.07) is 6.40. The topological polar surface area (TPSA) is 17.1 Å². The molecule has 0 saturated carbocycles. The predicted molar refractivity (Wildman–Crippen MR) is 95.3 cm³/mol. The number of ketones is 1. The number of rotatable bonds is 2. The molecule has 1 nitrogen and oxygen atoms in total. The van der Waals surface area contributed by atoms with Crippen LogP contribution in [0.2, 0.25) is 0 Å². The number of Topliss-reactive ketones (excluding diaryl/α,β-unsaturated/α-hetero) is 1. The van der Waals surface area contributed by atoms with Crippen LogP contribution in [0.1, 0.15) is 76.4 Å². The first-order valence-electron chi connectivity index (χ1n) is 8.08. The molecule has 0 aliphatic heterocycles. The van der Waals surface area contributed by atoms with Crippen molar-refractivity contribution in [1.82, 2.24) is 0 Å². The first-order valence-corrected chi connectivity index (χ1v) is 8.08. The Bertz CT molecular complexity index is 658. The zero-order valence-electron chi connectivity index (χ0n) is 15.0. The summed E-state index contributed by atoms with van der Waals surface area (Å²) in [5.41, 5.74) is 5.97. The van der Waals surface area contributed by atoms with E-state index in [1.165, 1.54) is 16.7 Å². The predicted octanol–water partition coefficient (Wildman–Crippen LogP) is 5.95. The van der Waals surface area contributed by atoms with Gasteiger partial charge in [-0.1, -0.05) is 65.8 Å². The molecule has 1 aromatic rings. The molecule has 0 amide bonds. The van der Waals surface area contributed by atoms with Crippen molar-refractivity contribution >= 4 is 11.4 Å². The first-order chi connectivity index (χ1) is 10.0. The van der Waals surface area contributed by atoms with Gasteiger partial charge in [-0.05, 0) is 52.5 Å². The van der Waals surface area contributed by atoms with Crippen LogP contribution in [0, 0.1) is 5.41 Å². The summed E-state index contributed by atoms with van der Waals surface area (Å²) < 4.78 is 0. The smallest absolute Gasteiger partial charge is 0.160 e. The average Bonchev–Trinajstić information content (AvgIpc) is 2.85. The van der Waals surface area contributed by atoms with Crippen molar-refractivity contribution in [2.75, 3.05) is 0 Å². The molecule has 0 aromatic heterocycles. The lowest BCUT2D eigenvalue weighted by Gasteiger charge is -2.24. The van der Waals surface area contributed by atoms with Crippen molar-refractivity contribution in [1.29, 1.82) is 0 Å². The van der Waals surface area contributed by atoms with E-state index in [9.17, 15) is 4.79 Å². The van der Waals surface area contributed by atoms with E-state index in [1.807, 2.05) is 0 Å². The van der Waals surface area contributed by atoms with Crippen LogP contribution in [-0.4, -0.2) is 5.78 Å². The summed E-state index contributed by atoms with van der Waals surface area (Å²) in [6.07, 6.45) is 5.34. The molecule has 2 rings (SSSR count). The summed E-state index contributed by atoms with van der Waals surface area (Å²) in [4.78, 5) is 12.2. The highest BCUT2D eigenvalue weighted by Gasteiger charge is 2.25. The van der Waals surface area contributed by atoms with Crippen molar-refractivity contribution in [2.45, 2.75) is 60.3 Å². The minimum absolute atomic E-state index is 0.0535. The Labute approximate surface area is 135 Å². The summed E-state index contributed by atoms with van der Waals surface area (Å²) >= 11 is 0. The average molecular weight is 296 g/mol. The number of hydrogen-bond donors (Lipinski definition) is 0. The SMILES string of the molecule is CC(=O)c1cc(C(C)(C)C)ccc1C1=C(C(C)(C)C)C=CC1. The molecule has 0 radical (unpaired) electrons. The number of allylic oxidation sites excluding steroid dienone is 4. The number of carbonyl (C=O) groups excluding carboxylic acids is 1. The Morgan fingerprint density at radius 2 is 1.64 bits per heavy atom. The second-order valence-corrected chi connectivity index (χ2v) is 8.32. The van der Waals surface area contributed by atoms with Crippen molar-refractivity contribution in [3.63, 3.8) is 0 Å². The summed E-state index contributed by atoms with van der Waals surface area (Å²) in [5, 5.41) is 0. The standard InChI is InChI=1S/C21H28O/c1-14(22)18-13-15(20(2,3)4)11-12-16(18)17-9-8-10-19(17)21(5,6)7/h8,10-13H,9H2,1-7H3. The molecular weight excluding hydrogens is 268 g/mol. The van der Waals surface area contributed by atoms with Crippen LogP contribution in [-0.2, 0) is 5.41 Å². The van der Waals surface area contributed by atoms with Crippen LogP contribution < -0.4 is 0 Å². The molecule has 1 heteroatoms. The largest absolute Gasteiger partial charge is 0.294 e. The normalized spacial score (nSPS) is 15.6. The van der Waals surface area contributed by atoms with Crippen molar-refractivity contribution < 1.29 is 4.79 Å². The molecule has 0 N–H and O–H groups in total. The Morgan fingerprint density at radius 3 is 2.14 bits per heavy atom. The molecule has 0 heterocycles. The van der Waals surface area contributed by atoms with Gasteiger partial charge in [0.1, 0.15) is 0 Å². The molecule has 1 aliphatic carbocycles. The highest BCUT2D eigenvalue weighted by Crippen LogP contribution is 2.41. The van der Waals surface area contributed by atoms with Gasteiger partial charge < -0.3 is 0 Å². The molecule has 0 atom stereocenters. The van der Waals surface area contributed by atoms with E-state index in [0.717, 1.165) is 17.5 Å². The molecule has 118 valence electrons. The van der Waals surface area contributed by atoms with Gasteiger partial charge in [0.05, 0.1) is 0 Å². The van der Waals surface area contributed by atoms with E-state index in [2.05, 4.69) is 71.9 Å². The Morgan fingerprint density at radius 1 is 1.00 bits per heavy atom. The second-order valence-electron chi connectivity index (χ2n) is 8.32. The van der Waals surface area contributed by atoms with E-state index < -0.39 is 0 Å². The molecule has 1 aliphatic rings. The van der Waals surface area contributed by atoms with Crippen molar-refractivity contribution in [3.05, 3.63) is 52.6 Å². The number of carbonyl (C=O) groups is 1. The highest BCUT2D eigenvalue weighted by atomic mass is 16.1. The first kappa shape index (κ1) is 16.7. The van der Waals surface area contributed by atoms with Gasteiger partial charge in [-0.15, -0.1) is 0 Å². The van der Waals surface area contributed by atoms with Gasteiger partial charge in [0.15, 0.2) is 5.78 Å². The maximum Gasteiger partial charge on any atom is 0.160 e. The maximum absolute atomic E-state index is 12.2. The van der Waals surface area contributed by atoms with E-state index in [4.69, 9.17) is 0 Å². The zero-order chi connectivity index (χ0) is 16.7. The van der Waals surface area contributed by atoms with Gasteiger partial charge in [0, 0.05) is 5.56 Å². The minimum atomic E-state index is 0.0535. The maximum atomic E-state index is 12.2. The van der Waals surface area contributed by atoms with E-state index in [0.29, 0.717) is 0 Å². The fraction of sp³-hybridized carbons (Fsp3) is 0.476. The lowest BCUT2D eigenvalue weighted by Crippen LogP contribution is -2.14. The molecule has 0 saturated heterocycles. The van der Waals surface area contributed by atoms with E-state index in [1.54, 1.807) is 6.92 Å². The van der Waals surface area contributed by atoms with Gasteiger partial charge >= 0.3 is 0 Å². The zero-order valence-corrected chi connectivity index (χ0v) is 15.0. The van der Waals surface area contributed by atoms with Crippen LogP contribution in [0.25, 0.3) is 5.57 Å². The lowest BCUT2D eigenvalue weighted by atomic mass is 9.80. The third kappa shape index (κ3) is 3.24. The Kier molecular flexibility index (Phi) is 4.21. The fourth-order valence-corrected chi connectivity index (χ4v) is 3.03. The molecular formula is C21H28O. The molecule has 22 heavy (non-hydrogen) atoms. The van der Waals surface area contributed by atoms with E-state index >= 15 is 0 Å². The van der Waals surface area contributed by atoms with Crippen LogP contribution in [0.5, 0.6) is 0 Å². The summed E-state index contributed by atoms with van der Waals surface area (Å²) in [5.74, 6) is 0.147. The van der Waals surface area contributed by atoms with Crippen LogP contribution in [0.4, 0.5) is 0 Å². The minimum Gasteiger partial charge on any atom is -0.294 e. The number of hydrogen-bond acceptors (Lipinski definition) is 1. The van der Waals surface area contributed by atoms with Crippen LogP contribution >= 0.6 is 0 Å². The molecule has 1 aromatic carbocycles. The second kappa shape index (κ2) is 5.53. The lowest BCUT2D eigenvalue weighted by molar-refractivity contribution is 0.101. The van der Waals surface area contributed by atoms with Crippen molar-refractivity contribution in [2.24, 2.45) is 5.41 Å². The third-order valence-electron chi connectivity index (χ3n) is 4.33. The van der Waals surface area contributed by atoms with Crippen LogP contribution in [0.15, 0.2) is 35.9 Å². The van der Waals surface area contributed by atoms with Gasteiger partial charge in [0.25, 0.3) is 0 Å². The number of benzene rings is 1. The molecule has 0 unspecified atom stereocenters. The van der Waals surface area contributed by atoms with Crippen molar-refractivity contribution in [3.8, 4) is 0 Å². The van der Waals surface area contributed by atoms with Gasteiger partial charge in [-0.2, -0.15) is 0 Å². The van der Waals surface area contributed by atoms with Gasteiger partial charge in [-0.25, -0.2) is 0 Å². The Balaban J connectivity index is 2.64. The Hall–Kier alpha value is -1.63. The molecule has 0 fully saturated rings. The molecule has 0 spiro atoms. The van der Waals surface area contributed by atoms with E-state index in [-0.39, 0.29) is 16.6 Å². The monoisotopic (exact) mass is 296 g/mol. The summed E-state index contributed by atoms with van der Waals surface area (Å²) in [6.45, 7) is 14.9. The van der Waals surface area contributed by atoms with Gasteiger partial charge in [0.2, 0.25) is 0 Å². The van der Waals surface area contributed by atoms with Gasteiger partial charge in [-0.3, -0.25) is 4.79 Å². The third-order valence-corrected chi connectivity index (χ3v) is 4.33. The summed E-state index contributed by atoms with van der Waals surface area (Å²) in [7, 11) is 0. The quantitative estimate of drug-likeness (QED) is 0.617. The van der Waals surface area contributed by atoms with Crippen LogP contribution in [0.3, 0.4) is 0 Å².